The number of hydrogen-bond acceptors (Lipinski definition) is 3. The summed E-state index contributed by atoms with van der Waals surface area (Å²) in [5.74, 6) is 1.59. The van der Waals surface area contributed by atoms with Gasteiger partial charge in [-0.1, -0.05) is 13.8 Å². The zero-order valence-electron chi connectivity index (χ0n) is 14.2. The minimum atomic E-state index is -0.536. The van der Waals surface area contributed by atoms with Crippen LogP contribution in [0.2, 0.25) is 0 Å². The second kappa shape index (κ2) is 5.29. The lowest BCUT2D eigenvalue weighted by atomic mass is 9.44. The lowest BCUT2D eigenvalue weighted by Gasteiger charge is -2.61. The molecule has 0 aromatic carbocycles. The highest BCUT2D eigenvalue weighted by Gasteiger charge is 2.56. The molecule has 21 heavy (non-hydrogen) atoms. The van der Waals surface area contributed by atoms with Gasteiger partial charge in [-0.25, -0.2) is 4.79 Å². The molecule has 0 aliphatic heterocycles. The number of carbonyl (C=O) groups excluding carboxylic acids is 2. The predicted molar refractivity (Wildman–Crippen MR) is 82.0 cm³/mol. The van der Waals surface area contributed by atoms with E-state index < -0.39 is 11.7 Å². The van der Waals surface area contributed by atoms with Crippen LogP contribution in [0.15, 0.2) is 0 Å². The van der Waals surface area contributed by atoms with Crippen molar-refractivity contribution in [3.05, 3.63) is 0 Å². The van der Waals surface area contributed by atoms with Crippen molar-refractivity contribution >= 4 is 12.4 Å². The minimum absolute atomic E-state index is 0.264. The fourth-order valence-electron chi connectivity index (χ4n) is 4.21. The second-order valence-corrected chi connectivity index (χ2v) is 8.32. The van der Waals surface area contributed by atoms with Crippen molar-refractivity contribution < 1.29 is 14.3 Å². The van der Waals surface area contributed by atoms with Crippen LogP contribution in [0.4, 0.5) is 4.79 Å². The first-order valence-electron chi connectivity index (χ1n) is 7.99. The maximum absolute atomic E-state index is 12.2. The Kier molecular flexibility index (Phi) is 4.11. The number of rotatable bonds is 3. The number of amides is 1. The van der Waals surface area contributed by atoms with Gasteiger partial charge in [0.1, 0.15) is 11.9 Å². The van der Waals surface area contributed by atoms with E-state index in [4.69, 9.17) is 4.74 Å². The molecule has 4 nitrogen and oxygen atoms in total. The summed E-state index contributed by atoms with van der Waals surface area (Å²) >= 11 is 0. The second-order valence-electron chi connectivity index (χ2n) is 8.32. The monoisotopic (exact) mass is 295 g/mol. The van der Waals surface area contributed by atoms with E-state index in [1.165, 1.54) is 17.7 Å². The van der Waals surface area contributed by atoms with Crippen LogP contribution in [0.1, 0.15) is 53.9 Å². The third kappa shape index (κ3) is 2.95. The number of carbonyl (C=O) groups is 2. The van der Waals surface area contributed by atoms with E-state index in [0.717, 1.165) is 18.6 Å². The van der Waals surface area contributed by atoms with Crippen LogP contribution in [-0.2, 0) is 9.53 Å². The Labute approximate surface area is 128 Å². The van der Waals surface area contributed by atoms with E-state index in [9.17, 15) is 9.59 Å². The van der Waals surface area contributed by atoms with Gasteiger partial charge < -0.3 is 14.4 Å². The molecule has 0 aromatic heterocycles. The Morgan fingerprint density at radius 3 is 2.38 bits per heavy atom. The van der Waals surface area contributed by atoms with Gasteiger partial charge in [0.25, 0.3) is 0 Å². The zero-order valence-corrected chi connectivity index (χ0v) is 14.2. The fourth-order valence-corrected chi connectivity index (χ4v) is 4.21. The van der Waals surface area contributed by atoms with Crippen LogP contribution in [0.3, 0.4) is 0 Å². The van der Waals surface area contributed by atoms with Gasteiger partial charge in [0.05, 0.1) is 6.04 Å². The van der Waals surface area contributed by atoms with E-state index in [2.05, 4.69) is 13.8 Å². The Morgan fingerprint density at radius 2 is 1.95 bits per heavy atom. The first-order chi connectivity index (χ1) is 9.58. The largest absolute Gasteiger partial charge is 0.444 e. The summed E-state index contributed by atoms with van der Waals surface area (Å²) in [6.07, 6.45) is 3.93. The maximum atomic E-state index is 12.2. The number of nitrogens with zero attached hydrogens (tertiary/aromatic N) is 1. The van der Waals surface area contributed by atoms with Gasteiger partial charge in [0.15, 0.2) is 0 Å². The molecule has 3 fully saturated rings. The predicted octanol–water partition coefficient (Wildman–Crippen LogP) is 3.49. The molecule has 3 saturated carbocycles. The summed E-state index contributed by atoms with van der Waals surface area (Å²) in [6.45, 7) is 10.1. The average Bonchev–Trinajstić information content (AvgIpc) is 2.37. The normalized spacial score (nSPS) is 31.8. The van der Waals surface area contributed by atoms with E-state index >= 15 is 0 Å². The Balaban J connectivity index is 2.09. The topological polar surface area (TPSA) is 46.6 Å². The van der Waals surface area contributed by atoms with Crippen LogP contribution in [0, 0.1) is 23.2 Å². The van der Waals surface area contributed by atoms with Gasteiger partial charge in [0, 0.05) is 7.05 Å². The number of aldehydes is 1. The van der Waals surface area contributed by atoms with Crippen molar-refractivity contribution in [2.75, 3.05) is 7.05 Å². The van der Waals surface area contributed by atoms with Crippen LogP contribution >= 0.6 is 0 Å². The molecular weight excluding hydrogens is 266 g/mol. The summed E-state index contributed by atoms with van der Waals surface area (Å²) in [6, 6.07) is -0.370. The smallest absolute Gasteiger partial charge is 0.410 e. The molecule has 0 spiro atoms. The summed E-state index contributed by atoms with van der Waals surface area (Å²) in [5.41, 5.74) is -0.231. The Hall–Kier alpha value is -1.06. The third-order valence-electron chi connectivity index (χ3n) is 5.62. The van der Waals surface area contributed by atoms with Crippen LogP contribution in [0.25, 0.3) is 0 Å². The molecular formula is C17H29NO3. The average molecular weight is 295 g/mol. The van der Waals surface area contributed by atoms with Crippen LogP contribution < -0.4 is 0 Å². The molecule has 0 aromatic rings. The summed E-state index contributed by atoms with van der Waals surface area (Å²) in [4.78, 5) is 25.4. The first kappa shape index (κ1) is 16.3. The number of likely N-dealkylation sites (N-methyl/N-ethyl adjacent to an activating group) is 1. The van der Waals surface area contributed by atoms with E-state index in [-0.39, 0.29) is 12.0 Å². The molecule has 120 valence electrons. The summed E-state index contributed by atoms with van der Waals surface area (Å²) < 4.78 is 5.40. The number of ether oxygens (including phenoxy) is 1. The Bertz CT molecular complexity index is 422. The van der Waals surface area contributed by atoms with Crippen molar-refractivity contribution in [2.45, 2.75) is 65.5 Å². The fraction of sp³-hybridized carbons (Fsp3) is 0.882. The first-order valence-corrected chi connectivity index (χ1v) is 7.99. The van der Waals surface area contributed by atoms with Gasteiger partial charge in [-0.3, -0.25) is 0 Å². The molecule has 1 amide bonds. The van der Waals surface area contributed by atoms with Gasteiger partial charge in [-0.2, -0.15) is 0 Å². The van der Waals surface area contributed by atoms with E-state index in [1.54, 1.807) is 7.05 Å². The summed E-state index contributed by atoms with van der Waals surface area (Å²) in [7, 11) is 1.69. The van der Waals surface area contributed by atoms with E-state index in [0.29, 0.717) is 11.3 Å². The van der Waals surface area contributed by atoms with Gasteiger partial charge in [0.2, 0.25) is 0 Å². The summed E-state index contributed by atoms with van der Waals surface area (Å²) in [5, 5.41) is 0. The molecule has 4 heteroatoms. The SMILES string of the molecule is CN(C(=O)OC(C)(C)C)C(C=O)C1CCC2CC1C2(C)C. The van der Waals surface area contributed by atoms with Crippen molar-refractivity contribution in [1.29, 1.82) is 0 Å². The highest BCUT2D eigenvalue weighted by Crippen LogP contribution is 2.62. The molecule has 0 heterocycles. The molecule has 0 N–H and O–H groups in total. The quantitative estimate of drug-likeness (QED) is 0.749. The molecule has 4 unspecified atom stereocenters. The molecule has 2 bridgehead atoms. The number of fused-ring (bicyclic) bond motifs is 2. The zero-order chi connectivity index (χ0) is 16.0. The van der Waals surface area contributed by atoms with E-state index in [1.807, 2.05) is 20.8 Å². The maximum Gasteiger partial charge on any atom is 0.410 e. The van der Waals surface area contributed by atoms with Crippen LogP contribution in [-0.4, -0.2) is 36.0 Å². The lowest BCUT2D eigenvalue weighted by molar-refractivity contribution is -0.136. The third-order valence-corrected chi connectivity index (χ3v) is 5.62. The highest BCUT2D eigenvalue weighted by molar-refractivity contribution is 5.73. The minimum Gasteiger partial charge on any atom is -0.444 e. The van der Waals surface area contributed by atoms with Gasteiger partial charge in [-0.05, 0) is 63.2 Å². The Morgan fingerprint density at radius 1 is 1.33 bits per heavy atom. The molecule has 0 radical (unpaired) electrons. The molecule has 3 rings (SSSR count). The van der Waals surface area contributed by atoms with Crippen molar-refractivity contribution in [2.24, 2.45) is 23.2 Å². The standard InChI is InChI=1S/C17H29NO3/c1-16(2,3)21-15(20)18(6)14(10-19)12-8-7-11-9-13(12)17(11,4)5/h10-14H,7-9H2,1-6H3. The van der Waals surface area contributed by atoms with Crippen molar-refractivity contribution in [3.63, 3.8) is 0 Å². The highest BCUT2D eigenvalue weighted by atomic mass is 16.6. The van der Waals surface area contributed by atoms with Gasteiger partial charge in [-0.15, -0.1) is 0 Å². The van der Waals surface area contributed by atoms with Gasteiger partial charge >= 0.3 is 6.09 Å². The van der Waals surface area contributed by atoms with Crippen molar-refractivity contribution in [3.8, 4) is 0 Å². The van der Waals surface area contributed by atoms with Crippen molar-refractivity contribution in [1.82, 2.24) is 4.90 Å². The molecule has 0 saturated heterocycles. The van der Waals surface area contributed by atoms with Crippen LogP contribution in [0.5, 0.6) is 0 Å². The number of hydrogen-bond donors (Lipinski definition) is 0. The molecule has 4 atom stereocenters. The molecule has 3 aliphatic carbocycles. The lowest BCUT2D eigenvalue weighted by Crippen LogP contribution is -2.58. The molecule has 3 aliphatic rings.